The highest BCUT2D eigenvalue weighted by atomic mass is 32.1. The van der Waals surface area contributed by atoms with Crippen LogP contribution in [0.15, 0.2) is 66.9 Å². The van der Waals surface area contributed by atoms with Crippen molar-refractivity contribution >= 4 is 28.9 Å². The van der Waals surface area contributed by atoms with Crippen molar-refractivity contribution in [3.8, 4) is 0 Å². The van der Waals surface area contributed by atoms with Crippen molar-refractivity contribution in [3.05, 3.63) is 88.1 Å². The largest absolute Gasteiger partial charge is 0.358 e. The fourth-order valence-electron chi connectivity index (χ4n) is 3.50. The Hall–Kier alpha value is -3.30. The molecule has 8 nitrogen and oxygen atoms in total. The molecule has 1 N–H and O–H groups in total. The Morgan fingerprint density at radius 3 is 2.56 bits per heavy atom. The fourth-order valence-corrected chi connectivity index (χ4v) is 3.70. The van der Waals surface area contributed by atoms with Crippen molar-refractivity contribution < 1.29 is 9.72 Å². The van der Waals surface area contributed by atoms with Gasteiger partial charge in [0, 0.05) is 50.6 Å². The Kier molecular flexibility index (Phi) is 7.91. The molecule has 1 aliphatic rings. The third-order valence-corrected chi connectivity index (χ3v) is 5.84. The van der Waals surface area contributed by atoms with E-state index in [9.17, 15) is 14.9 Å². The average Bonchev–Trinajstić information content (AvgIpc) is 2.79. The molecule has 168 valence electrons. The number of nitro benzene ring substituents is 1. The topological polar surface area (TPSA) is 82.0 Å². The van der Waals surface area contributed by atoms with Gasteiger partial charge in [-0.2, -0.15) is 0 Å². The van der Waals surface area contributed by atoms with Gasteiger partial charge in [0.1, 0.15) is 0 Å². The fraction of sp³-hybridized carbons (Fsp3) is 0.304. The van der Waals surface area contributed by atoms with E-state index in [-0.39, 0.29) is 18.1 Å². The van der Waals surface area contributed by atoms with Crippen molar-refractivity contribution in [2.24, 2.45) is 0 Å². The molecule has 1 heterocycles. The van der Waals surface area contributed by atoms with E-state index in [1.165, 1.54) is 11.6 Å². The molecule has 0 spiro atoms. The quantitative estimate of drug-likeness (QED) is 0.374. The lowest BCUT2D eigenvalue weighted by Crippen LogP contribution is -2.51. The van der Waals surface area contributed by atoms with E-state index in [0.29, 0.717) is 36.0 Å². The van der Waals surface area contributed by atoms with Crippen LogP contribution in [0.25, 0.3) is 0 Å². The van der Waals surface area contributed by atoms with Gasteiger partial charge in [0.05, 0.1) is 18.0 Å². The third-order valence-electron chi connectivity index (χ3n) is 5.42. The van der Waals surface area contributed by atoms with Crippen LogP contribution in [0.1, 0.15) is 11.1 Å². The highest BCUT2D eigenvalue weighted by Crippen LogP contribution is 2.17. The predicted molar refractivity (Wildman–Crippen MR) is 128 cm³/mol. The van der Waals surface area contributed by atoms with E-state index >= 15 is 0 Å². The first-order valence-electron chi connectivity index (χ1n) is 10.3. The van der Waals surface area contributed by atoms with Gasteiger partial charge < -0.3 is 15.1 Å². The lowest BCUT2D eigenvalue weighted by Gasteiger charge is -2.36. The summed E-state index contributed by atoms with van der Waals surface area (Å²) in [5, 5.41) is 14.6. The number of hydrogen-bond donors (Lipinski definition) is 1. The summed E-state index contributed by atoms with van der Waals surface area (Å²) in [6.07, 6.45) is 0. The van der Waals surface area contributed by atoms with E-state index < -0.39 is 4.92 Å². The molecule has 1 amide bonds. The van der Waals surface area contributed by atoms with Crippen LogP contribution in [0.3, 0.4) is 0 Å². The van der Waals surface area contributed by atoms with Crippen molar-refractivity contribution in [3.63, 3.8) is 0 Å². The second-order valence-corrected chi connectivity index (χ2v) is 8.07. The molecule has 0 radical (unpaired) electrons. The van der Waals surface area contributed by atoms with E-state index in [1.807, 2.05) is 18.2 Å². The highest BCUT2D eigenvalue weighted by Gasteiger charge is 2.25. The monoisotopic (exact) mass is 453 g/mol. The maximum absolute atomic E-state index is 12.6. The SMILES string of the molecule is C=C(CN1CCN(Cc2ccccc2)CC1=O)N(C)C(=S)NCc1ccccc1[N+](=O)[O-]. The summed E-state index contributed by atoms with van der Waals surface area (Å²) in [5.41, 5.74) is 2.45. The number of likely N-dealkylation sites (N-methyl/N-ethyl adjacent to an activating group) is 1. The Balaban J connectivity index is 1.48. The van der Waals surface area contributed by atoms with E-state index in [1.54, 1.807) is 35.0 Å². The third kappa shape index (κ3) is 6.12. The molecule has 0 bridgehead atoms. The normalized spacial score (nSPS) is 14.2. The molecule has 0 atom stereocenters. The smallest absolute Gasteiger partial charge is 0.274 e. The zero-order valence-corrected chi connectivity index (χ0v) is 18.9. The first kappa shape index (κ1) is 23.4. The number of amides is 1. The van der Waals surface area contributed by atoms with Crippen molar-refractivity contribution in [2.45, 2.75) is 13.1 Å². The van der Waals surface area contributed by atoms with Crippen LogP contribution in [0.2, 0.25) is 0 Å². The van der Waals surface area contributed by atoms with Crippen molar-refractivity contribution in [1.82, 2.24) is 20.0 Å². The first-order chi connectivity index (χ1) is 15.3. The molecule has 1 saturated heterocycles. The molecule has 32 heavy (non-hydrogen) atoms. The predicted octanol–water partition coefficient (Wildman–Crippen LogP) is 2.76. The Morgan fingerprint density at radius 1 is 1.19 bits per heavy atom. The van der Waals surface area contributed by atoms with Gasteiger partial charge in [0.25, 0.3) is 5.69 Å². The molecule has 1 fully saturated rings. The minimum absolute atomic E-state index is 0.0447. The van der Waals surface area contributed by atoms with Gasteiger partial charge in [0.15, 0.2) is 5.11 Å². The Bertz CT molecular complexity index is 998. The van der Waals surface area contributed by atoms with E-state index in [4.69, 9.17) is 12.2 Å². The average molecular weight is 454 g/mol. The number of nitro groups is 1. The number of benzene rings is 2. The number of thiocarbonyl (C=S) groups is 1. The summed E-state index contributed by atoms with van der Waals surface area (Å²) in [7, 11) is 1.77. The zero-order chi connectivity index (χ0) is 23.1. The zero-order valence-electron chi connectivity index (χ0n) is 18.1. The second-order valence-electron chi connectivity index (χ2n) is 7.68. The molecule has 2 aromatic rings. The molecule has 0 aliphatic carbocycles. The van der Waals surface area contributed by atoms with Crippen LogP contribution >= 0.6 is 12.2 Å². The van der Waals surface area contributed by atoms with Gasteiger partial charge in [-0.25, -0.2) is 0 Å². The molecule has 0 unspecified atom stereocenters. The van der Waals surface area contributed by atoms with E-state index in [0.717, 1.165) is 13.1 Å². The number of carbonyl (C=O) groups is 1. The highest BCUT2D eigenvalue weighted by molar-refractivity contribution is 7.80. The molecule has 1 aliphatic heterocycles. The number of piperazine rings is 1. The number of carbonyl (C=O) groups excluding carboxylic acids is 1. The van der Waals surface area contributed by atoms with Gasteiger partial charge in [0.2, 0.25) is 5.91 Å². The van der Waals surface area contributed by atoms with Crippen molar-refractivity contribution in [2.75, 3.05) is 33.2 Å². The maximum atomic E-state index is 12.6. The van der Waals surface area contributed by atoms with Crippen LogP contribution in [0, 0.1) is 10.1 Å². The molecule has 9 heteroatoms. The Morgan fingerprint density at radius 2 is 1.88 bits per heavy atom. The van der Waals surface area contributed by atoms with Crippen LogP contribution in [0.4, 0.5) is 5.69 Å². The summed E-state index contributed by atoms with van der Waals surface area (Å²) >= 11 is 5.42. The standard InChI is InChI=1S/C23H27N5O3S/c1-18(25(2)23(32)24-14-20-10-6-7-11-21(20)28(30)31)15-27-13-12-26(17-22(27)29)16-19-8-4-3-5-9-19/h3-11H,1,12-17H2,2H3,(H,24,32). The number of nitrogens with one attached hydrogen (secondary N) is 1. The molecular formula is C23H27N5O3S. The van der Waals surface area contributed by atoms with Gasteiger partial charge in [-0.05, 0) is 17.8 Å². The van der Waals surface area contributed by atoms with Crippen molar-refractivity contribution in [1.29, 1.82) is 0 Å². The van der Waals surface area contributed by atoms with Gasteiger partial charge >= 0.3 is 0 Å². The number of nitrogens with zero attached hydrogens (tertiary/aromatic N) is 4. The second kappa shape index (κ2) is 10.8. The van der Waals surface area contributed by atoms with Crippen LogP contribution in [-0.4, -0.2) is 63.9 Å². The first-order valence-corrected chi connectivity index (χ1v) is 10.7. The van der Waals surface area contributed by atoms with Gasteiger partial charge in [-0.15, -0.1) is 0 Å². The molecular weight excluding hydrogens is 426 g/mol. The Labute approximate surface area is 193 Å². The lowest BCUT2D eigenvalue weighted by molar-refractivity contribution is -0.385. The summed E-state index contributed by atoms with van der Waals surface area (Å²) < 4.78 is 0. The number of hydrogen-bond acceptors (Lipinski definition) is 5. The summed E-state index contributed by atoms with van der Waals surface area (Å²) in [4.78, 5) is 29.0. The molecule has 3 rings (SSSR count). The molecule has 0 aromatic heterocycles. The summed E-state index contributed by atoms with van der Waals surface area (Å²) in [6, 6.07) is 16.6. The molecule has 0 saturated carbocycles. The number of rotatable bonds is 8. The van der Waals surface area contributed by atoms with Crippen LogP contribution < -0.4 is 5.32 Å². The number of para-hydroxylation sites is 1. The van der Waals surface area contributed by atoms with Crippen LogP contribution in [0.5, 0.6) is 0 Å². The summed E-state index contributed by atoms with van der Waals surface area (Å²) in [5.74, 6) is 0.0560. The van der Waals surface area contributed by atoms with Crippen LogP contribution in [-0.2, 0) is 17.9 Å². The minimum Gasteiger partial charge on any atom is -0.358 e. The van der Waals surface area contributed by atoms with Gasteiger partial charge in [-0.3, -0.25) is 19.8 Å². The lowest BCUT2D eigenvalue weighted by atomic mass is 10.2. The maximum Gasteiger partial charge on any atom is 0.274 e. The van der Waals surface area contributed by atoms with Gasteiger partial charge in [-0.1, -0.05) is 55.1 Å². The minimum atomic E-state index is -0.411. The molecule has 2 aromatic carbocycles. The summed E-state index contributed by atoms with van der Waals surface area (Å²) in [6.45, 7) is 7.21. The van der Waals surface area contributed by atoms with E-state index in [2.05, 4.69) is 28.9 Å².